The number of hydrogen-bond donors (Lipinski definition) is 0. The van der Waals surface area contributed by atoms with Crippen molar-refractivity contribution in [1.29, 1.82) is 0 Å². The number of rotatable bonds is 7. The Bertz CT molecular complexity index is 1200. The number of thioether (sulfide) groups is 1. The topological polar surface area (TPSA) is 80.8 Å². The first-order valence-electron chi connectivity index (χ1n) is 10.1. The summed E-state index contributed by atoms with van der Waals surface area (Å²) in [5.74, 6) is -1.62. The summed E-state index contributed by atoms with van der Waals surface area (Å²) in [6, 6.07) is 21.7. The van der Waals surface area contributed by atoms with Gasteiger partial charge in [-0.25, -0.2) is 9.69 Å². The molecule has 1 aliphatic rings. The molecule has 166 valence electrons. The van der Waals surface area contributed by atoms with Gasteiger partial charge in [-0.05, 0) is 60.7 Å². The van der Waals surface area contributed by atoms with Gasteiger partial charge < -0.3 is 4.74 Å². The first kappa shape index (κ1) is 22.8. The van der Waals surface area contributed by atoms with E-state index >= 15 is 0 Å². The maximum Gasteiger partial charge on any atom is 0.338 e. The third-order valence-electron chi connectivity index (χ3n) is 4.99. The molecule has 0 saturated carbocycles. The van der Waals surface area contributed by atoms with Crippen molar-refractivity contribution in [2.45, 2.75) is 16.6 Å². The lowest BCUT2D eigenvalue weighted by Crippen LogP contribution is -2.31. The molecule has 33 heavy (non-hydrogen) atoms. The third-order valence-corrected chi connectivity index (χ3v) is 6.44. The van der Waals surface area contributed by atoms with Gasteiger partial charge in [0.05, 0.1) is 16.5 Å². The van der Waals surface area contributed by atoms with E-state index in [1.165, 1.54) is 36.0 Å². The summed E-state index contributed by atoms with van der Waals surface area (Å²) >= 11 is 7.15. The summed E-state index contributed by atoms with van der Waals surface area (Å²) in [5.41, 5.74) is 0.975. The molecule has 1 atom stereocenters. The van der Waals surface area contributed by atoms with Gasteiger partial charge in [0.1, 0.15) is 0 Å². The van der Waals surface area contributed by atoms with E-state index in [1.807, 2.05) is 30.3 Å². The van der Waals surface area contributed by atoms with Crippen LogP contribution in [-0.4, -0.2) is 35.4 Å². The molecule has 0 bridgehead atoms. The number of carbonyl (C=O) groups excluding carboxylic acids is 4. The molecule has 1 fully saturated rings. The van der Waals surface area contributed by atoms with Crippen molar-refractivity contribution in [3.8, 4) is 0 Å². The van der Waals surface area contributed by atoms with Crippen molar-refractivity contribution in [2.24, 2.45) is 0 Å². The zero-order chi connectivity index (χ0) is 23.4. The number of anilines is 1. The molecule has 1 heterocycles. The zero-order valence-electron chi connectivity index (χ0n) is 17.3. The van der Waals surface area contributed by atoms with E-state index in [4.69, 9.17) is 16.3 Å². The Morgan fingerprint density at radius 1 is 0.909 bits per heavy atom. The van der Waals surface area contributed by atoms with E-state index < -0.39 is 17.8 Å². The average Bonchev–Trinajstić information content (AvgIpc) is 3.11. The second-order valence-corrected chi connectivity index (χ2v) is 8.96. The third kappa shape index (κ3) is 5.32. The van der Waals surface area contributed by atoms with Crippen LogP contribution in [0.15, 0.2) is 83.8 Å². The molecular formula is C25H18ClNO5S. The molecule has 0 radical (unpaired) electrons. The number of hydrogen-bond acceptors (Lipinski definition) is 6. The molecule has 4 rings (SSSR count). The Morgan fingerprint density at radius 3 is 2.21 bits per heavy atom. The standard InChI is InChI=1S/C25H18ClNO5S/c26-18-10-6-16(7-11-18)21(28)15-32-25(31)17-8-12-19(13-9-17)27-23(29)14-22(24(27)30)33-20-4-2-1-3-5-20/h1-13,22H,14-15H2. The lowest BCUT2D eigenvalue weighted by Gasteiger charge is -2.15. The van der Waals surface area contributed by atoms with Crippen molar-refractivity contribution in [1.82, 2.24) is 0 Å². The van der Waals surface area contributed by atoms with Crippen molar-refractivity contribution in [3.05, 3.63) is 95.0 Å². The molecule has 3 aromatic carbocycles. The van der Waals surface area contributed by atoms with Crippen LogP contribution in [0.5, 0.6) is 0 Å². The Morgan fingerprint density at radius 2 is 1.55 bits per heavy atom. The van der Waals surface area contributed by atoms with Gasteiger partial charge in [-0.1, -0.05) is 29.8 Å². The number of nitrogens with zero attached hydrogens (tertiary/aromatic N) is 1. The summed E-state index contributed by atoms with van der Waals surface area (Å²) in [5, 5.41) is 0.00648. The van der Waals surface area contributed by atoms with Gasteiger partial charge in [0.25, 0.3) is 0 Å². The smallest absolute Gasteiger partial charge is 0.338 e. The maximum absolute atomic E-state index is 12.8. The minimum atomic E-state index is -0.680. The highest BCUT2D eigenvalue weighted by atomic mass is 35.5. The summed E-state index contributed by atoms with van der Waals surface area (Å²) in [6.07, 6.45) is 0.106. The molecule has 0 aliphatic carbocycles. The number of carbonyl (C=O) groups is 4. The van der Waals surface area contributed by atoms with E-state index in [0.717, 1.165) is 9.80 Å². The van der Waals surface area contributed by atoms with Gasteiger partial charge in [-0.15, -0.1) is 11.8 Å². The fourth-order valence-electron chi connectivity index (χ4n) is 3.31. The summed E-state index contributed by atoms with van der Waals surface area (Å²) in [6.45, 7) is -0.413. The number of ether oxygens (including phenoxy) is 1. The van der Waals surface area contributed by atoms with E-state index in [0.29, 0.717) is 16.3 Å². The van der Waals surface area contributed by atoms with Crippen LogP contribution in [0.2, 0.25) is 5.02 Å². The van der Waals surface area contributed by atoms with Crippen LogP contribution in [0.25, 0.3) is 0 Å². The minimum absolute atomic E-state index is 0.106. The van der Waals surface area contributed by atoms with Crippen LogP contribution in [0.4, 0.5) is 5.69 Å². The number of amides is 2. The molecule has 0 aromatic heterocycles. The minimum Gasteiger partial charge on any atom is -0.454 e. The van der Waals surface area contributed by atoms with Gasteiger partial charge in [-0.3, -0.25) is 14.4 Å². The van der Waals surface area contributed by atoms with Crippen LogP contribution in [0.3, 0.4) is 0 Å². The van der Waals surface area contributed by atoms with E-state index in [-0.39, 0.29) is 29.6 Å². The van der Waals surface area contributed by atoms with Gasteiger partial charge in [-0.2, -0.15) is 0 Å². The van der Waals surface area contributed by atoms with Crippen LogP contribution in [0, 0.1) is 0 Å². The lowest BCUT2D eigenvalue weighted by atomic mass is 10.1. The predicted molar refractivity (Wildman–Crippen MR) is 126 cm³/mol. The molecule has 2 amide bonds. The first-order chi connectivity index (χ1) is 15.9. The Balaban J connectivity index is 1.37. The number of Topliss-reactive ketones (excluding diaryl/α,β-unsaturated/α-hetero) is 1. The molecule has 1 unspecified atom stereocenters. The van der Waals surface area contributed by atoms with Gasteiger partial charge >= 0.3 is 5.97 Å². The molecule has 1 aliphatic heterocycles. The van der Waals surface area contributed by atoms with E-state index in [2.05, 4.69) is 0 Å². The fourth-order valence-corrected chi connectivity index (χ4v) is 4.51. The van der Waals surface area contributed by atoms with E-state index in [1.54, 1.807) is 24.3 Å². The molecule has 8 heteroatoms. The number of esters is 1. The normalized spacial score (nSPS) is 15.5. The maximum atomic E-state index is 12.8. The zero-order valence-corrected chi connectivity index (χ0v) is 18.8. The lowest BCUT2D eigenvalue weighted by molar-refractivity contribution is -0.121. The van der Waals surface area contributed by atoms with Crippen LogP contribution < -0.4 is 4.90 Å². The highest BCUT2D eigenvalue weighted by Crippen LogP contribution is 2.33. The van der Waals surface area contributed by atoms with Crippen molar-refractivity contribution >= 4 is 52.6 Å². The number of halogens is 1. The highest BCUT2D eigenvalue weighted by Gasteiger charge is 2.40. The summed E-state index contributed by atoms with van der Waals surface area (Å²) in [4.78, 5) is 51.8. The van der Waals surface area contributed by atoms with E-state index in [9.17, 15) is 19.2 Å². The van der Waals surface area contributed by atoms with Gasteiger partial charge in [0.2, 0.25) is 11.8 Å². The monoisotopic (exact) mass is 479 g/mol. The molecule has 0 spiro atoms. The number of ketones is 1. The highest BCUT2D eigenvalue weighted by molar-refractivity contribution is 8.00. The second kappa shape index (κ2) is 10.0. The van der Waals surface area contributed by atoms with Gasteiger partial charge in [0, 0.05) is 21.9 Å². The summed E-state index contributed by atoms with van der Waals surface area (Å²) in [7, 11) is 0. The van der Waals surface area contributed by atoms with Crippen molar-refractivity contribution < 1.29 is 23.9 Å². The van der Waals surface area contributed by atoms with Crippen LogP contribution in [-0.2, 0) is 14.3 Å². The molecule has 6 nitrogen and oxygen atoms in total. The number of benzene rings is 3. The summed E-state index contributed by atoms with van der Waals surface area (Å²) < 4.78 is 5.09. The average molecular weight is 480 g/mol. The van der Waals surface area contributed by atoms with Crippen molar-refractivity contribution in [3.63, 3.8) is 0 Å². The molecule has 1 saturated heterocycles. The largest absolute Gasteiger partial charge is 0.454 e. The van der Waals surface area contributed by atoms with Crippen LogP contribution >= 0.6 is 23.4 Å². The quantitative estimate of drug-likeness (QED) is 0.275. The van der Waals surface area contributed by atoms with Crippen LogP contribution in [0.1, 0.15) is 27.1 Å². The second-order valence-electron chi connectivity index (χ2n) is 7.24. The fraction of sp³-hybridized carbons (Fsp3) is 0.120. The molecule has 0 N–H and O–H groups in total. The SMILES string of the molecule is O=C(COC(=O)c1ccc(N2C(=O)CC(Sc3ccccc3)C2=O)cc1)c1ccc(Cl)cc1. The first-order valence-corrected chi connectivity index (χ1v) is 11.3. The Labute approximate surface area is 199 Å². The molecule has 3 aromatic rings. The van der Waals surface area contributed by atoms with Gasteiger partial charge in [0.15, 0.2) is 12.4 Å². The van der Waals surface area contributed by atoms with Crippen molar-refractivity contribution in [2.75, 3.05) is 11.5 Å². The predicted octanol–water partition coefficient (Wildman–Crippen LogP) is 4.80. The Hall–Kier alpha value is -3.42. The number of imide groups is 1. The Kier molecular flexibility index (Phi) is 6.91. The molecular weight excluding hydrogens is 462 g/mol.